The van der Waals surface area contributed by atoms with E-state index in [2.05, 4.69) is 31.0 Å². The first-order valence-corrected chi connectivity index (χ1v) is 6.87. The Balaban J connectivity index is 2.18. The van der Waals surface area contributed by atoms with E-state index in [1.807, 2.05) is 16.7 Å². The van der Waals surface area contributed by atoms with Crippen LogP contribution in [0.3, 0.4) is 0 Å². The fourth-order valence-electron chi connectivity index (χ4n) is 2.38. The Hall–Kier alpha value is -2.62. The molecular formula is C17H16N2O2. The molecule has 0 radical (unpaired) electrons. The number of fused-ring (bicyclic) bond motifs is 1. The molecule has 0 atom stereocenters. The molecule has 4 nitrogen and oxygen atoms in total. The zero-order valence-corrected chi connectivity index (χ0v) is 11.9. The monoisotopic (exact) mass is 280 g/mol. The van der Waals surface area contributed by atoms with Crippen molar-refractivity contribution >= 4 is 17.0 Å². The first-order valence-electron chi connectivity index (χ1n) is 6.87. The molecule has 21 heavy (non-hydrogen) atoms. The third-order valence-corrected chi connectivity index (χ3v) is 3.61. The molecule has 0 spiro atoms. The lowest BCUT2D eigenvalue weighted by molar-refractivity contribution is 0.0697. The van der Waals surface area contributed by atoms with Crippen molar-refractivity contribution in [1.29, 1.82) is 0 Å². The van der Waals surface area contributed by atoms with E-state index in [9.17, 15) is 4.79 Å². The second kappa shape index (κ2) is 5.05. The zero-order valence-electron chi connectivity index (χ0n) is 11.9. The van der Waals surface area contributed by atoms with Gasteiger partial charge in [0.25, 0.3) is 0 Å². The molecule has 0 bridgehead atoms. The molecule has 0 fully saturated rings. The van der Waals surface area contributed by atoms with Crippen molar-refractivity contribution in [3.63, 3.8) is 0 Å². The van der Waals surface area contributed by atoms with Crippen molar-refractivity contribution in [2.24, 2.45) is 0 Å². The number of carboxylic acid groups (broad SMARTS) is 1. The van der Waals surface area contributed by atoms with Crippen LogP contribution >= 0.6 is 0 Å². The number of carbonyl (C=O) groups is 1. The summed E-state index contributed by atoms with van der Waals surface area (Å²) >= 11 is 0. The third-order valence-electron chi connectivity index (χ3n) is 3.61. The maximum atomic E-state index is 11.1. The summed E-state index contributed by atoms with van der Waals surface area (Å²) in [5, 5.41) is 9.13. The summed E-state index contributed by atoms with van der Waals surface area (Å²) in [6.07, 6.45) is 1.73. The molecule has 2 aromatic carbocycles. The minimum Gasteiger partial charge on any atom is -0.478 e. The van der Waals surface area contributed by atoms with Gasteiger partial charge in [0.2, 0.25) is 0 Å². The van der Waals surface area contributed by atoms with Crippen molar-refractivity contribution in [3.05, 3.63) is 59.9 Å². The summed E-state index contributed by atoms with van der Waals surface area (Å²) in [4.78, 5) is 15.5. The fraction of sp³-hybridized carbons (Fsp3) is 0.176. The second-order valence-corrected chi connectivity index (χ2v) is 5.37. The van der Waals surface area contributed by atoms with Crippen LogP contribution in [0.25, 0.3) is 16.7 Å². The van der Waals surface area contributed by atoms with Crippen LogP contribution in [0.5, 0.6) is 0 Å². The highest BCUT2D eigenvalue weighted by molar-refractivity contribution is 5.92. The van der Waals surface area contributed by atoms with Gasteiger partial charge in [0.15, 0.2) is 0 Å². The number of benzene rings is 2. The Morgan fingerprint density at radius 3 is 2.71 bits per heavy atom. The molecule has 3 rings (SSSR count). The van der Waals surface area contributed by atoms with Crippen LogP contribution in [-0.2, 0) is 0 Å². The molecule has 0 saturated carbocycles. The number of hydrogen-bond acceptors (Lipinski definition) is 2. The van der Waals surface area contributed by atoms with Crippen LogP contribution in [0.15, 0.2) is 48.8 Å². The molecule has 0 aliphatic heterocycles. The fourth-order valence-corrected chi connectivity index (χ4v) is 2.38. The van der Waals surface area contributed by atoms with Crippen LogP contribution in [-0.4, -0.2) is 20.6 Å². The SMILES string of the molecule is CC(C)c1cccc(-n2cnc3ccc(C(=O)O)cc32)c1. The summed E-state index contributed by atoms with van der Waals surface area (Å²) in [5.74, 6) is -0.491. The minimum atomic E-state index is -0.930. The van der Waals surface area contributed by atoms with Crippen LogP contribution < -0.4 is 0 Å². The van der Waals surface area contributed by atoms with E-state index >= 15 is 0 Å². The number of rotatable bonds is 3. The van der Waals surface area contributed by atoms with E-state index in [4.69, 9.17) is 5.11 Å². The number of aromatic nitrogens is 2. The molecule has 0 amide bonds. The quantitative estimate of drug-likeness (QED) is 0.793. The topological polar surface area (TPSA) is 55.1 Å². The molecule has 1 aromatic heterocycles. The third kappa shape index (κ3) is 2.40. The molecule has 3 aromatic rings. The highest BCUT2D eigenvalue weighted by atomic mass is 16.4. The molecule has 1 heterocycles. The average Bonchev–Trinajstić information content (AvgIpc) is 2.90. The summed E-state index contributed by atoms with van der Waals surface area (Å²) < 4.78 is 1.92. The van der Waals surface area contributed by atoms with Gasteiger partial charge in [-0.2, -0.15) is 0 Å². The van der Waals surface area contributed by atoms with Crippen LogP contribution in [0.4, 0.5) is 0 Å². The maximum Gasteiger partial charge on any atom is 0.335 e. The Kier molecular flexibility index (Phi) is 3.22. The van der Waals surface area contributed by atoms with Gasteiger partial charge in [-0.25, -0.2) is 9.78 Å². The molecule has 1 N–H and O–H groups in total. The Bertz CT molecular complexity index is 819. The van der Waals surface area contributed by atoms with Gasteiger partial charge >= 0.3 is 5.97 Å². The summed E-state index contributed by atoms with van der Waals surface area (Å²) in [6.45, 7) is 4.29. The lowest BCUT2D eigenvalue weighted by atomic mass is 10.0. The van der Waals surface area contributed by atoms with Gasteiger partial charge in [-0.3, -0.25) is 4.57 Å². The molecule has 4 heteroatoms. The summed E-state index contributed by atoms with van der Waals surface area (Å²) in [6, 6.07) is 13.2. The smallest absolute Gasteiger partial charge is 0.335 e. The first kappa shape index (κ1) is 13.4. The standard InChI is InChI=1S/C17H16N2O2/c1-11(2)12-4-3-5-14(8-12)19-10-18-15-7-6-13(17(20)21)9-16(15)19/h3-11H,1-2H3,(H,20,21). The highest BCUT2D eigenvalue weighted by Crippen LogP contribution is 2.22. The van der Waals surface area contributed by atoms with E-state index < -0.39 is 5.97 Å². The van der Waals surface area contributed by atoms with Crippen molar-refractivity contribution in [1.82, 2.24) is 9.55 Å². The molecular weight excluding hydrogens is 264 g/mol. The van der Waals surface area contributed by atoms with Gasteiger partial charge in [-0.05, 0) is 41.8 Å². The lowest BCUT2D eigenvalue weighted by Crippen LogP contribution is -1.98. The van der Waals surface area contributed by atoms with Gasteiger partial charge < -0.3 is 5.11 Å². The van der Waals surface area contributed by atoms with Crippen molar-refractivity contribution in [2.45, 2.75) is 19.8 Å². The maximum absolute atomic E-state index is 11.1. The predicted octanol–water partition coefficient (Wildman–Crippen LogP) is 3.85. The molecule has 106 valence electrons. The minimum absolute atomic E-state index is 0.268. The number of hydrogen-bond donors (Lipinski definition) is 1. The van der Waals surface area contributed by atoms with Crippen molar-refractivity contribution < 1.29 is 9.90 Å². The molecule has 0 unspecified atom stereocenters. The van der Waals surface area contributed by atoms with Crippen molar-refractivity contribution in [3.8, 4) is 5.69 Å². The van der Waals surface area contributed by atoms with Crippen LogP contribution in [0, 0.1) is 0 Å². The Morgan fingerprint density at radius 1 is 1.19 bits per heavy atom. The van der Waals surface area contributed by atoms with Gasteiger partial charge in [-0.1, -0.05) is 26.0 Å². The van der Waals surface area contributed by atoms with E-state index in [1.54, 1.807) is 24.5 Å². The largest absolute Gasteiger partial charge is 0.478 e. The lowest BCUT2D eigenvalue weighted by Gasteiger charge is -2.09. The predicted molar refractivity (Wildman–Crippen MR) is 82.1 cm³/mol. The Morgan fingerprint density at radius 2 is 2.00 bits per heavy atom. The number of imidazole rings is 1. The van der Waals surface area contributed by atoms with Crippen LogP contribution in [0.2, 0.25) is 0 Å². The van der Waals surface area contributed by atoms with Gasteiger partial charge in [0.1, 0.15) is 6.33 Å². The number of aromatic carboxylic acids is 1. The molecule has 0 aliphatic rings. The van der Waals surface area contributed by atoms with E-state index in [0.29, 0.717) is 5.92 Å². The van der Waals surface area contributed by atoms with Gasteiger partial charge in [0.05, 0.1) is 16.6 Å². The Labute approximate surface area is 122 Å². The summed E-state index contributed by atoms with van der Waals surface area (Å²) in [7, 11) is 0. The average molecular weight is 280 g/mol. The van der Waals surface area contributed by atoms with Crippen molar-refractivity contribution in [2.75, 3.05) is 0 Å². The first-order chi connectivity index (χ1) is 10.1. The van der Waals surface area contributed by atoms with E-state index in [1.165, 1.54) is 5.56 Å². The number of nitrogens with zero attached hydrogens (tertiary/aromatic N) is 2. The van der Waals surface area contributed by atoms with Crippen LogP contribution in [0.1, 0.15) is 35.7 Å². The summed E-state index contributed by atoms with van der Waals surface area (Å²) in [5.41, 5.74) is 4.09. The number of carboxylic acids is 1. The molecule has 0 aliphatic carbocycles. The zero-order chi connectivity index (χ0) is 15.0. The molecule has 0 saturated heterocycles. The van der Waals surface area contributed by atoms with E-state index in [0.717, 1.165) is 16.7 Å². The van der Waals surface area contributed by atoms with Gasteiger partial charge in [-0.15, -0.1) is 0 Å². The van der Waals surface area contributed by atoms with E-state index in [-0.39, 0.29) is 5.56 Å². The van der Waals surface area contributed by atoms with Gasteiger partial charge in [0, 0.05) is 5.69 Å². The highest BCUT2D eigenvalue weighted by Gasteiger charge is 2.10. The second-order valence-electron chi connectivity index (χ2n) is 5.37. The normalized spacial score (nSPS) is 11.2.